The van der Waals surface area contributed by atoms with Crippen LogP contribution in [0.5, 0.6) is 0 Å². The Hall–Kier alpha value is -4.32. The van der Waals surface area contributed by atoms with Crippen molar-refractivity contribution in [1.29, 1.82) is 0 Å². The van der Waals surface area contributed by atoms with Gasteiger partial charge in [0.25, 0.3) is 0 Å². The number of hydrogen-bond donors (Lipinski definition) is 2. The second kappa shape index (κ2) is 11.7. The van der Waals surface area contributed by atoms with Gasteiger partial charge in [-0.15, -0.1) is 0 Å². The number of benzene rings is 3. The summed E-state index contributed by atoms with van der Waals surface area (Å²) in [6.45, 7) is 5.54. The lowest BCUT2D eigenvalue weighted by Gasteiger charge is -2.32. The van der Waals surface area contributed by atoms with E-state index in [1.807, 2.05) is 53.2 Å². The third-order valence-corrected chi connectivity index (χ3v) is 8.69. The molecule has 2 aliphatic carbocycles. The molecule has 0 aromatic heterocycles. The van der Waals surface area contributed by atoms with Gasteiger partial charge in [0.1, 0.15) is 5.82 Å². The minimum absolute atomic E-state index is 0.0334. The molecule has 6 heteroatoms. The van der Waals surface area contributed by atoms with Crippen molar-refractivity contribution in [2.24, 2.45) is 11.8 Å². The van der Waals surface area contributed by atoms with Gasteiger partial charge in [0.15, 0.2) is 0 Å². The van der Waals surface area contributed by atoms with Crippen molar-refractivity contribution in [3.05, 3.63) is 137 Å². The van der Waals surface area contributed by atoms with E-state index in [0.717, 1.165) is 41.8 Å². The van der Waals surface area contributed by atoms with Gasteiger partial charge in [0.2, 0.25) is 0 Å². The minimum Gasteiger partial charge on any atom is -0.331 e. The number of nitrogens with zero attached hydrogens (tertiary/aromatic N) is 2. The van der Waals surface area contributed by atoms with E-state index in [4.69, 9.17) is 0 Å². The van der Waals surface area contributed by atoms with Crippen molar-refractivity contribution in [2.45, 2.75) is 45.7 Å². The average molecular weight is 549 g/mol. The molecule has 3 aromatic rings. The Morgan fingerprint density at radius 1 is 1.05 bits per heavy atom. The van der Waals surface area contributed by atoms with Crippen molar-refractivity contribution in [3.63, 3.8) is 0 Å². The molecule has 5 nitrogen and oxygen atoms in total. The molecule has 0 radical (unpaired) electrons. The molecule has 0 spiro atoms. The standard InChI is InChI=1S/C35H37FN4O/c1-3-39(23-25-10-6-4-7-11-25)35(41)38-32(26-12-8-5-9-13-26)20-27-14-15-28-21-33-31(24(2)34(27)28)22-37-40(33)30-18-16-29(36)17-19-30/h4-13,16-19,21-22,24,27,32,37H,3,14-15,20,23H2,1-2H3,(H,38,41)/t24-,27+,32?/m0/s1. The van der Waals surface area contributed by atoms with Crippen LogP contribution < -0.4 is 15.8 Å². The zero-order valence-electron chi connectivity index (χ0n) is 23.7. The molecular formula is C35H37FN4O. The Morgan fingerprint density at radius 2 is 1.76 bits per heavy atom. The Bertz CT molecular complexity index is 1480. The summed E-state index contributed by atoms with van der Waals surface area (Å²) in [4.78, 5) is 15.4. The van der Waals surface area contributed by atoms with Gasteiger partial charge < -0.3 is 15.6 Å². The van der Waals surface area contributed by atoms with E-state index in [1.54, 1.807) is 12.1 Å². The Labute approximate surface area is 242 Å². The van der Waals surface area contributed by atoms with Crippen molar-refractivity contribution >= 4 is 11.7 Å². The van der Waals surface area contributed by atoms with Gasteiger partial charge in [-0.05, 0) is 79.1 Å². The summed E-state index contributed by atoms with van der Waals surface area (Å²) >= 11 is 0. The second-order valence-corrected chi connectivity index (χ2v) is 11.2. The Kier molecular flexibility index (Phi) is 7.64. The fourth-order valence-corrected chi connectivity index (χ4v) is 6.58. The van der Waals surface area contributed by atoms with Crippen LogP contribution in [0.15, 0.2) is 120 Å². The maximum atomic E-state index is 13.6. The highest BCUT2D eigenvalue weighted by molar-refractivity contribution is 5.75. The number of carbonyl (C=O) groups is 1. The second-order valence-electron chi connectivity index (χ2n) is 11.2. The smallest absolute Gasteiger partial charge is 0.318 e. The lowest BCUT2D eigenvalue weighted by molar-refractivity contribution is 0.192. The van der Waals surface area contributed by atoms with Crippen molar-refractivity contribution in [1.82, 2.24) is 15.6 Å². The van der Waals surface area contributed by atoms with Gasteiger partial charge in [-0.3, -0.25) is 5.01 Å². The summed E-state index contributed by atoms with van der Waals surface area (Å²) in [5, 5.41) is 5.45. The van der Waals surface area contributed by atoms with Crippen LogP contribution in [0.2, 0.25) is 0 Å². The number of amides is 2. The van der Waals surface area contributed by atoms with Crippen molar-refractivity contribution in [3.8, 4) is 0 Å². The summed E-state index contributed by atoms with van der Waals surface area (Å²) in [7, 11) is 0. The number of allylic oxidation sites excluding steroid dienone is 4. The third kappa shape index (κ3) is 5.51. The molecule has 41 heavy (non-hydrogen) atoms. The molecule has 1 aliphatic heterocycles. The predicted molar refractivity (Wildman–Crippen MR) is 162 cm³/mol. The summed E-state index contributed by atoms with van der Waals surface area (Å²) in [5.41, 5.74) is 11.8. The van der Waals surface area contributed by atoms with Crippen LogP contribution in [0.1, 0.15) is 50.3 Å². The maximum Gasteiger partial charge on any atom is 0.318 e. The molecule has 0 fully saturated rings. The molecule has 3 atom stereocenters. The topological polar surface area (TPSA) is 47.6 Å². The fraction of sp³-hybridized carbons (Fsp3) is 0.286. The van der Waals surface area contributed by atoms with Crippen LogP contribution >= 0.6 is 0 Å². The molecule has 0 saturated carbocycles. The summed E-state index contributed by atoms with van der Waals surface area (Å²) in [6, 6.07) is 27.0. The van der Waals surface area contributed by atoms with Gasteiger partial charge >= 0.3 is 6.03 Å². The van der Waals surface area contributed by atoms with E-state index in [-0.39, 0.29) is 23.8 Å². The number of anilines is 1. The first-order valence-electron chi connectivity index (χ1n) is 14.6. The number of halogens is 1. The van der Waals surface area contributed by atoms with E-state index >= 15 is 0 Å². The molecule has 2 amide bonds. The quantitative estimate of drug-likeness (QED) is 0.304. The molecular weight excluding hydrogens is 511 g/mol. The van der Waals surface area contributed by atoms with E-state index in [2.05, 4.69) is 54.2 Å². The molecule has 1 unspecified atom stereocenters. The van der Waals surface area contributed by atoms with Crippen LogP contribution in [0, 0.1) is 17.7 Å². The largest absolute Gasteiger partial charge is 0.331 e. The number of urea groups is 1. The lowest BCUT2D eigenvalue weighted by Crippen LogP contribution is -2.41. The Morgan fingerprint density at radius 3 is 2.46 bits per heavy atom. The van der Waals surface area contributed by atoms with Gasteiger partial charge in [0, 0.05) is 30.8 Å². The first-order valence-corrected chi connectivity index (χ1v) is 14.6. The molecule has 3 aliphatic rings. The zero-order valence-corrected chi connectivity index (χ0v) is 23.7. The first-order chi connectivity index (χ1) is 20.0. The van der Waals surface area contributed by atoms with Crippen molar-refractivity contribution < 1.29 is 9.18 Å². The number of hydrogen-bond acceptors (Lipinski definition) is 3. The van der Waals surface area contributed by atoms with Crippen LogP contribution in [-0.4, -0.2) is 17.5 Å². The average Bonchev–Trinajstić information content (AvgIpc) is 3.62. The number of nitrogens with one attached hydrogen (secondary N) is 2. The predicted octanol–water partition coefficient (Wildman–Crippen LogP) is 7.64. The van der Waals surface area contributed by atoms with Gasteiger partial charge in [-0.1, -0.05) is 73.2 Å². The summed E-state index contributed by atoms with van der Waals surface area (Å²) < 4.78 is 13.6. The van der Waals surface area contributed by atoms with E-state index in [1.165, 1.54) is 28.9 Å². The Balaban J connectivity index is 1.23. The zero-order chi connectivity index (χ0) is 28.3. The summed E-state index contributed by atoms with van der Waals surface area (Å²) in [6.07, 6.45) is 7.32. The van der Waals surface area contributed by atoms with Gasteiger partial charge in [-0.2, -0.15) is 0 Å². The van der Waals surface area contributed by atoms with E-state index in [0.29, 0.717) is 19.0 Å². The number of rotatable bonds is 8. The molecule has 3 aromatic carbocycles. The highest BCUT2D eigenvalue weighted by Gasteiger charge is 2.39. The van der Waals surface area contributed by atoms with Crippen LogP contribution in [-0.2, 0) is 6.54 Å². The third-order valence-electron chi connectivity index (χ3n) is 8.69. The first kappa shape index (κ1) is 26.9. The van der Waals surface area contributed by atoms with Crippen LogP contribution in [0.4, 0.5) is 14.9 Å². The van der Waals surface area contributed by atoms with E-state index < -0.39 is 0 Å². The van der Waals surface area contributed by atoms with Gasteiger partial charge in [0.05, 0.1) is 17.4 Å². The summed E-state index contributed by atoms with van der Waals surface area (Å²) in [5.74, 6) is 0.388. The van der Waals surface area contributed by atoms with E-state index in [9.17, 15) is 9.18 Å². The fourth-order valence-electron chi connectivity index (χ4n) is 6.58. The van der Waals surface area contributed by atoms with Crippen LogP contribution in [0.25, 0.3) is 0 Å². The highest BCUT2D eigenvalue weighted by Crippen LogP contribution is 2.49. The number of carbonyl (C=O) groups excluding carboxylic acids is 1. The minimum atomic E-state index is -0.238. The molecule has 6 rings (SSSR count). The maximum absolute atomic E-state index is 13.6. The number of fused-ring (bicyclic) bond motifs is 1. The molecule has 210 valence electrons. The molecule has 2 N–H and O–H groups in total. The highest BCUT2D eigenvalue weighted by atomic mass is 19.1. The lowest BCUT2D eigenvalue weighted by atomic mass is 9.78. The molecule has 1 heterocycles. The van der Waals surface area contributed by atoms with Crippen molar-refractivity contribution in [2.75, 3.05) is 11.6 Å². The number of hydrazine groups is 1. The van der Waals surface area contributed by atoms with Crippen LogP contribution in [0.3, 0.4) is 0 Å². The normalized spacial score (nSPS) is 20.0. The molecule has 0 saturated heterocycles. The van der Waals surface area contributed by atoms with Gasteiger partial charge in [-0.25, -0.2) is 9.18 Å². The SMILES string of the molecule is CCN(Cc1ccccc1)C(=O)NC(C[C@H]1CCC2=C1[C@@H](C)C1=CNN(c3ccc(F)cc3)C1=C2)c1ccccc1. The molecule has 0 bridgehead atoms. The monoisotopic (exact) mass is 548 g/mol.